The van der Waals surface area contributed by atoms with Crippen LogP contribution in [-0.4, -0.2) is 36.9 Å². The molecule has 1 aliphatic heterocycles. The maximum absolute atomic E-state index is 11.8. The van der Waals surface area contributed by atoms with Crippen molar-refractivity contribution in [1.29, 1.82) is 0 Å². The Labute approximate surface area is 128 Å². The van der Waals surface area contributed by atoms with Gasteiger partial charge in [-0.1, -0.05) is 0 Å². The minimum Gasteiger partial charge on any atom is -0.469 e. The van der Waals surface area contributed by atoms with Gasteiger partial charge in [-0.15, -0.1) is 0 Å². The lowest BCUT2D eigenvalue weighted by Crippen LogP contribution is -2.33. The SMILES string of the molecule is COC(=O)C1(C)CCN(c2ccc(C(C)=O)cc2[N+](=O)[O-])C1. The van der Waals surface area contributed by atoms with Crippen LogP contribution in [-0.2, 0) is 9.53 Å². The smallest absolute Gasteiger partial charge is 0.313 e. The number of rotatable bonds is 4. The number of ketones is 1. The fourth-order valence-electron chi connectivity index (χ4n) is 2.74. The van der Waals surface area contributed by atoms with E-state index in [0.29, 0.717) is 30.8 Å². The Balaban J connectivity index is 2.36. The zero-order valence-electron chi connectivity index (χ0n) is 12.8. The molecule has 1 aromatic carbocycles. The first-order valence-corrected chi connectivity index (χ1v) is 6.91. The number of methoxy groups -OCH3 is 1. The maximum atomic E-state index is 11.8. The summed E-state index contributed by atoms with van der Waals surface area (Å²) < 4.78 is 4.81. The first-order valence-electron chi connectivity index (χ1n) is 6.91. The highest BCUT2D eigenvalue weighted by Crippen LogP contribution is 2.38. The number of esters is 1. The predicted molar refractivity (Wildman–Crippen MR) is 80.1 cm³/mol. The molecule has 1 saturated heterocycles. The van der Waals surface area contributed by atoms with Crippen molar-refractivity contribution in [3.63, 3.8) is 0 Å². The summed E-state index contributed by atoms with van der Waals surface area (Å²) in [6.07, 6.45) is 0.561. The van der Waals surface area contributed by atoms with E-state index in [1.807, 2.05) is 0 Å². The van der Waals surface area contributed by atoms with Gasteiger partial charge in [0.25, 0.3) is 5.69 Å². The Morgan fingerprint density at radius 2 is 2.09 bits per heavy atom. The Bertz CT molecular complexity index is 643. The monoisotopic (exact) mass is 306 g/mol. The molecule has 0 aliphatic carbocycles. The number of carbonyl (C=O) groups excluding carboxylic acids is 2. The second-order valence-corrected chi connectivity index (χ2v) is 5.74. The van der Waals surface area contributed by atoms with Gasteiger partial charge in [-0.25, -0.2) is 0 Å². The number of anilines is 1. The highest BCUT2D eigenvalue weighted by molar-refractivity contribution is 5.95. The quantitative estimate of drug-likeness (QED) is 0.366. The average Bonchev–Trinajstić information content (AvgIpc) is 2.89. The van der Waals surface area contributed by atoms with Crippen LogP contribution in [0.25, 0.3) is 0 Å². The summed E-state index contributed by atoms with van der Waals surface area (Å²) in [4.78, 5) is 35.8. The minimum absolute atomic E-state index is 0.123. The van der Waals surface area contributed by atoms with E-state index in [1.165, 1.54) is 20.1 Å². The Morgan fingerprint density at radius 3 is 2.64 bits per heavy atom. The van der Waals surface area contributed by atoms with Crippen molar-refractivity contribution in [1.82, 2.24) is 0 Å². The van der Waals surface area contributed by atoms with E-state index in [9.17, 15) is 19.7 Å². The standard InChI is InChI=1S/C15H18N2O5/c1-10(18)11-4-5-12(13(8-11)17(20)21)16-7-6-15(2,9-16)14(19)22-3/h4-5,8H,6-7,9H2,1-3H3. The van der Waals surface area contributed by atoms with Gasteiger partial charge >= 0.3 is 5.97 Å². The van der Waals surface area contributed by atoms with Crippen LogP contribution in [0.2, 0.25) is 0 Å². The number of nitrogens with zero attached hydrogens (tertiary/aromatic N) is 2. The molecule has 0 N–H and O–H groups in total. The van der Waals surface area contributed by atoms with Crippen molar-refractivity contribution in [2.24, 2.45) is 5.41 Å². The van der Waals surface area contributed by atoms with E-state index in [-0.39, 0.29) is 17.4 Å². The second-order valence-electron chi connectivity index (χ2n) is 5.74. The van der Waals surface area contributed by atoms with Gasteiger partial charge in [-0.2, -0.15) is 0 Å². The molecule has 1 aliphatic rings. The molecule has 0 aromatic heterocycles. The molecule has 0 saturated carbocycles. The highest BCUT2D eigenvalue weighted by atomic mass is 16.6. The molecule has 0 amide bonds. The first-order chi connectivity index (χ1) is 10.3. The van der Waals surface area contributed by atoms with Gasteiger partial charge in [-0.05, 0) is 32.4 Å². The fraction of sp³-hybridized carbons (Fsp3) is 0.467. The number of ether oxygens (including phenoxy) is 1. The largest absolute Gasteiger partial charge is 0.469 e. The third-order valence-corrected chi connectivity index (χ3v) is 4.07. The van der Waals surface area contributed by atoms with Crippen LogP contribution in [0.5, 0.6) is 0 Å². The van der Waals surface area contributed by atoms with Gasteiger partial charge in [0, 0.05) is 24.7 Å². The molecule has 1 unspecified atom stereocenters. The van der Waals surface area contributed by atoms with E-state index in [1.54, 1.807) is 24.0 Å². The van der Waals surface area contributed by atoms with E-state index in [2.05, 4.69) is 0 Å². The summed E-state index contributed by atoms with van der Waals surface area (Å²) in [5, 5.41) is 11.3. The van der Waals surface area contributed by atoms with Crippen LogP contribution in [0.15, 0.2) is 18.2 Å². The summed E-state index contributed by atoms with van der Waals surface area (Å²) in [5.41, 5.74) is -0.0863. The van der Waals surface area contributed by atoms with Crippen molar-refractivity contribution in [2.75, 3.05) is 25.1 Å². The number of carbonyl (C=O) groups is 2. The van der Waals surface area contributed by atoms with Gasteiger partial charge in [0.1, 0.15) is 5.69 Å². The van der Waals surface area contributed by atoms with Crippen molar-refractivity contribution < 1.29 is 19.2 Å². The summed E-state index contributed by atoms with van der Waals surface area (Å²) in [6, 6.07) is 4.42. The molecule has 1 fully saturated rings. The molecule has 118 valence electrons. The zero-order valence-corrected chi connectivity index (χ0v) is 12.8. The predicted octanol–water partition coefficient (Wildman–Crippen LogP) is 2.19. The molecule has 1 atom stereocenters. The molecule has 7 heteroatoms. The number of nitro groups is 1. The molecule has 7 nitrogen and oxygen atoms in total. The van der Waals surface area contributed by atoms with Gasteiger partial charge in [-0.3, -0.25) is 19.7 Å². The van der Waals surface area contributed by atoms with Gasteiger partial charge in [0.05, 0.1) is 17.4 Å². The summed E-state index contributed by atoms with van der Waals surface area (Å²) in [7, 11) is 1.33. The number of Topliss-reactive ketones (excluding diaryl/α,β-unsaturated/α-hetero) is 1. The van der Waals surface area contributed by atoms with Crippen LogP contribution in [0.4, 0.5) is 11.4 Å². The van der Waals surface area contributed by atoms with Crippen LogP contribution in [0.1, 0.15) is 30.6 Å². The average molecular weight is 306 g/mol. The minimum atomic E-state index is -0.679. The molecule has 1 heterocycles. The Morgan fingerprint density at radius 1 is 1.41 bits per heavy atom. The van der Waals surface area contributed by atoms with Crippen LogP contribution >= 0.6 is 0 Å². The molecule has 0 bridgehead atoms. The van der Waals surface area contributed by atoms with E-state index in [0.717, 1.165) is 0 Å². The van der Waals surface area contributed by atoms with E-state index >= 15 is 0 Å². The Kier molecular flexibility index (Phi) is 4.16. The molecule has 0 radical (unpaired) electrons. The number of hydrogen-bond acceptors (Lipinski definition) is 6. The van der Waals surface area contributed by atoms with Crippen molar-refractivity contribution in [3.8, 4) is 0 Å². The molecular formula is C15H18N2O5. The molecule has 2 rings (SSSR count). The fourth-order valence-corrected chi connectivity index (χ4v) is 2.74. The number of benzene rings is 1. The first kappa shape index (κ1) is 15.9. The number of nitro benzene ring substituents is 1. The maximum Gasteiger partial charge on any atom is 0.313 e. The van der Waals surface area contributed by atoms with Crippen LogP contribution in [0, 0.1) is 15.5 Å². The van der Waals surface area contributed by atoms with Crippen LogP contribution < -0.4 is 4.90 Å². The summed E-state index contributed by atoms with van der Waals surface area (Å²) in [6.45, 7) is 4.02. The van der Waals surface area contributed by atoms with Gasteiger partial charge in [0.2, 0.25) is 0 Å². The van der Waals surface area contributed by atoms with Gasteiger partial charge in [0.15, 0.2) is 5.78 Å². The lowest BCUT2D eigenvalue weighted by Gasteiger charge is -2.23. The Hall–Kier alpha value is -2.44. The molecule has 1 aromatic rings. The van der Waals surface area contributed by atoms with Crippen LogP contribution in [0.3, 0.4) is 0 Å². The second kappa shape index (κ2) is 5.75. The number of hydrogen-bond donors (Lipinski definition) is 0. The zero-order chi connectivity index (χ0) is 16.5. The van der Waals surface area contributed by atoms with Crippen molar-refractivity contribution in [3.05, 3.63) is 33.9 Å². The lowest BCUT2D eigenvalue weighted by molar-refractivity contribution is -0.384. The third kappa shape index (κ3) is 2.79. The topological polar surface area (TPSA) is 89.8 Å². The molecular weight excluding hydrogens is 288 g/mol. The summed E-state index contributed by atoms with van der Waals surface area (Å²) >= 11 is 0. The lowest BCUT2D eigenvalue weighted by atomic mass is 9.90. The van der Waals surface area contributed by atoms with Crippen molar-refractivity contribution in [2.45, 2.75) is 20.3 Å². The normalized spacial score (nSPS) is 20.8. The van der Waals surface area contributed by atoms with Gasteiger partial charge < -0.3 is 9.64 Å². The van der Waals surface area contributed by atoms with Crippen molar-refractivity contribution >= 4 is 23.1 Å². The summed E-state index contributed by atoms with van der Waals surface area (Å²) in [5.74, 6) is -0.548. The highest BCUT2D eigenvalue weighted by Gasteiger charge is 2.42. The third-order valence-electron chi connectivity index (χ3n) is 4.07. The van der Waals surface area contributed by atoms with E-state index < -0.39 is 10.3 Å². The molecule has 22 heavy (non-hydrogen) atoms. The molecule has 0 spiro atoms. The van der Waals surface area contributed by atoms with E-state index in [4.69, 9.17) is 4.74 Å².